The van der Waals surface area contributed by atoms with Gasteiger partial charge in [0.25, 0.3) is 5.56 Å². The van der Waals surface area contributed by atoms with Crippen molar-refractivity contribution in [2.24, 2.45) is 0 Å². The van der Waals surface area contributed by atoms with E-state index in [0.717, 1.165) is 26.3 Å². The van der Waals surface area contributed by atoms with Gasteiger partial charge in [-0.2, -0.15) is 0 Å². The lowest BCUT2D eigenvalue weighted by Gasteiger charge is -2.32. The number of carbonyl (C=O) groups excluding carboxylic acids is 1. The maximum absolute atomic E-state index is 12.1. The Morgan fingerprint density at radius 2 is 2.12 bits per heavy atom. The van der Waals surface area contributed by atoms with E-state index in [1.165, 1.54) is 0 Å². The molecule has 1 aromatic carbocycles. The largest absolute Gasteiger partial charge is 0.379 e. The van der Waals surface area contributed by atoms with Crippen molar-refractivity contribution in [1.82, 2.24) is 20.2 Å². The molecular weight excluding hydrogens is 320 g/mol. The van der Waals surface area contributed by atoms with Crippen LogP contribution in [0.4, 0.5) is 0 Å². The minimum Gasteiger partial charge on any atom is -0.379 e. The second-order valence-corrected chi connectivity index (χ2v) is 6.33. The zero-order valence-corrected chi connectivity index (χ0v) is 14.5. The van der Waals surface area contributed by atoms with Crippen molar-refractivity contribution in [2.75, 3.05) is 32.8 Å². The summed E-state index contributed by atoms with van der Waals surface area (Å²) in [7, 11) is 0. The normalized spacial score (nSPS) is 16.7. The molecule has 2 heterocycles. The number of aromatic amines is 1. The Labute approximate surface area is 146 Å². The monoisotopic (exact) mass is 344 g/mol. The van der Waals surface area contributed by atoms with E-state index in [0.29, 0.717) is 36.1 Å². The third-order valence-corrected chi connectivity index (χ3v) is 4.51. The third-order valence-electron chi connectivity index (χ3n) is 4.51. The molecule has 0 unspecified atom stereocenters. The van der Waals surface area contributed by atoms with E-state index in [-0.39, 0.29) is 17.5 Å². The molecule has 25 heavy (non-hydrogen) atoms. The molecule has 1 atom stereocenters. The lowest BCUT2D eigenvalue weighted by Crippen LogP contribution is -2.47. The van der Waals surface area contributed by atoms with Crippen LogP contribution in [0.5, 0.6) is 0 Å². The van der Waals surface area contributed by atoms with Crippen molar-refractivity contribution >= 4 is 16.8 Å². The first-order valence-corrected chi connectivity index (χ1v) is 8.70. The van der Waals surface area contributed by atoms with Gasteiger partial charge in [-0.15, -0.1) is 0 Å². The number of carbonyl (C=O) groups is 1. The second kappa shape index (κ2) is 8.22. The Balaban J connectivity index is 1.49. The van der Waals surface area contributed by atoms with Crippen LogP contribution in [0, 0.1) is 0 Å². The summed E-state index contributed by atoms with van der Waals surface area (Å²) in [5, 5.41) is 3.53. The molecule has 1 saturated heterocycles. The molecule has 3 rings (SSSR count). The van der Waals surface area contributed by atoms with Crippen molar-refractivity contribution in [3.63, 3.8) is 0 Å². The second-order valence-electron chi connectivity index (χ2n) is 6.33. The molecule has 7 heteroatoms. The number of benzene rings is 1. The van der Waals surface area contributed by atoms with Gasteiger partial charge in [-0.05, 0) is 19.1 Å². The molecule has 0 radical (unpaired) electrons. The van der Waals surface area contributed by atoms with Gasteiger partial charge in [0, 0.05) is 38.5 Å². The summed E-state index contributed by atoms with van der Waals surface area (Å²) in [6.45, 7) is 6.02. The first kappa shape index (κ1) is 17.6. The van der Waals surface area contributed by atoms with Crippen LogP contribution in [0.3, 0.4) is 0 Å². The summed E-state index contributed by atoms with van der Waals surface area (Å²) in [5.74, 6) is 0.510. The minimum atomic E-state index is -0.165. The van der Waals surface area contributed by atoms with Gasteiger partial charge in [0.2, 0.25) is 5.91 Å². The van der Waals surface area contributed by atoms with E-state index < -0.39 is 0 Å². The molecule has 2 aromatic rings. The van der Waals surface area contributed by atoms with Gasteiger partial charge < -0.3 is 15.0 Å². The molecule has 134 valence electrons. The number of hydrogen-bond acceptors (Lipinski definition) is 5. The van der Waals surface area contributed by atoms with Crippen molar-refractivity contribution in [2.45, 2.75) is 25.8 Å². The van der Waals surface area contributed by atoms with E-state index in [1.807, 2.05) is 12.1 Å². The van der Waals surface area contributed by atoms with Crippen LogP contribution in [0.15, 0.2) is 29.1 Å². The van der Waals surface area contributed by atoms with E-state index in [1.54, 1.807) is 12.1 Å². The van der Waals surface area contributed by atoms with Gasteiger partial charge in [0.1, 0.15) is 5.82 Å². The third kappa shape index (κ3) is 4.64. The quantitative estimate of drug-likeness (QED) is 0.805. The van der Waals surface area contributed by atoms with E-state index >= 15 is 0 Å². The standard InChI is InChI=1S/C18H24N4O3/c1-13(22-8-10-25-11-9-22)12-19-17(23)7-6-16-20-15-5-3-2-4-14(15)18(24)21-16/h2-5,13H,6-12H2,1H3,(H,19,23)(H,20,21,24)/t13-/m0/s1. The fourth-order valence-electron chi connectivity index (χ4n) is 2.98. The van der Waals surface area contributed by atoms with Gasteiger partial charge in [0.15, 0.2) is 0 Å². The molecule has 1 aromatic heterocycles. The van der Waals surface area contributed by atoms with Gasteiger partial charge in [-0.3, -0.25) is 14.5 Å². The number of H-pyrrole nitrogens is 1. The number of para-hydroxylation sites is 1. The summed E-state index contributed by atoms with van der Waals surface area (Å²) in [4.78, 5) is 33.6. The predicted octanol–water partition coefficient (Wildman–Crippen LogP) is 0.693. The van der Waals surface area contributed by atoms with Crippen LogP contribution in [-0.4, -0.2) is 59.7 Å². The number of nitrogens with one attached hydrogen (secondary N) is 2. The van der Waals surface area contributed by atoms with Gasteiger partial charge >= 0.3 is 0 Å². The predicted molar refractivity (Wildman–Crippen MR) is 95.5 cm³/mol. The van der Waals surface area contributed by atoms with Crippen LogP contribution < -0.4 is 10.9 Å². The summed E-state index contributed by atoms with van der Waals surface area (Å²) in [5.41, 5.74) is 0.490. The lowest BCUT2D eigenvalue weighted by molar-refractivity contribution is -0.121. The van der Waals surface area contributed by atoms with Gasteiger partial charge in [-0.25, -0.2) is 4.98 Å². The summed E-state index contributed by atoms with van der Waals surface area (Å²) in [6, 6.07) is 7.48. The lowest BCUT2D eigenvalue weighted by atomic mass is 10.2. The maximum atomic E-state index is 12.1. The number of morpholine rings is 1. The highest BCUT2D eigenvalue weighted by Gasteiger charge is 2.17. The molecule has 7 nitrogen and oxygen atoms in total. The fourth-order valence-corrected chi connectivity index (χ4v) is 2.98. The number of amides is 1. The van der Waals surface area contributed by atoms with Crippen LogP contribution in [0.1, 0.15) is 19.2 Å². The van der Waals surface area contributed by atoms with Gasteiger partial charge in [0.05, 0.1) is 24.1 Å². The Hall–Kier alpha value is -2.25. The van der Waals surface area contributed by atoms with Crippen LogP contribution in [-0.2, 0) is 16.0 Å². The number of aryl methyl sites for hydroxylation is 1. The molecule has 0 saturated carbocycles. The van der Waals surface area contributed by atoms with E-state index in [2.05, 4.69) is 27.1 Å². The zero-order valence-electron chi connectivity index (χ0n) is 14.5. The van der Waals surface area contributed by atoms with E-state index in [9.17, 15) is 9.59 Å². The first-order valence-electron chi connectivity index (χ1n) is 8.70. The molecule has 2 N–H and O–H groups in total. The van der Waals surface area contributed by atoms with Crippen LogP contribution >= 0.6 is 0 Å². The first-order chi connectivity index (χ1) is 12.1. The smallest absolute Gasteiger partial charge is 0.258 e. The molecule has 1 fully saturated rings. The number of nitrogens with zero attached hydrogens (tertiary/aromatic N) is 2. The fraction of sp³-hybridized carbons (Fsp3) is 0.500. The van der Waals surface area contributed by atoms with Crippen molar-refractivity contribution in [1.29, 1.82) is 0 Å². The summed E-state index contributed by atoms with van der Waals surface area (Å²) >= 11 is 0. The number of fused-ring (bicyclic) bond motifs is 1. The molecular formula is C18H24N4O3. The zero-order chi connectivity index (χ0) is 17.6. The van der Waals surface area contributed by atoms with Crippen molar-refractivity contribution in [3.05, 3.63) is 40.4 Å². The Kier molecular flexibility index (Phi) is 5.78. The molecule has 0 aliphatic carbocycles. The highest BCUT2D eigenvalue weighted by Crippen LogP contribution is 2.07. The molecule has 1 aliphatic rings. The maximum Gasteiger partial charge on any atom is 0.258 e. The molecule has 0 bridgehead atoms. The van der Waals surface area contributed by atoms with Crippen molar-refractivity contribution < 1.29 is 9.53 Å². The topological polar surface area (TPSA) is 87.3 Å². The average Bonchev–Trinajstić information content (AvgIpc) is 2.65. The Morgan fingerprint density at radius 3 is 2.92 bits per heavy atom. The summed E-state index contributed by atoms with van der Waals surface area (Å²) in [6.07, 6.45) is 0.717. The number of aromatic nitrogens is 2. The number of hydrogen-bond donors (Lipinski definition) is 2. The summed E-state index contributed by atoms with van der Waals surface area (Å²) < 4.78 is 5.34. The molecule has 0 spiro atoms. The Morgan fingerprint density at radius 1 is 1.36 bits per heavy atom. The highest BCUT2D eigenvalue weighted by atomic mass is 16.5. The number of ether oxygens (including phenoxy) is 1. The molecule has 1 aliphatic heterocycles. The van der Waals surface area contributed by atoms with Crippen LogP contribution in [0.2, 0.25) is 0 Å². The van der Waals surface area contributed by atoms with Crippen molar-refractivity contribution in [3.8, 4) is 0 Å². The highest BCUT2D eigenvalue weighted by molar-refractivity contribution is 5.78. The minimum absolute atomic E-state index is 0.0316. The Bertz CT molecular complexity index is 783. The van der Waals surface area contributed by atoms with Crippen LogP contribution in [0.25, 0.3) is 10.9 Å². The average molecular weight is 344 g/mol. The SMILES string of the molecule is C[C@@H](CNC(=O)CCc1nc2ccccc2c(=O)[nH]1)N1CCOCC1. The molecule has 1 amide bonds. The van der Waals surface area contributed by atoms with Gasteiger partial charge in [-0.1, -0.05) is 12.1 Å². The van der Waals surface area contributed by atoms with E-state index in [4.69, 9.17) is 4.74 Å². The number of rotatable bonds is 6.